The van der Waals surface area contributed by atoms with E-state index in [0.29, 0.717) is 23.9 Å². The van der Waals surface area contributed by atoms with Crippen molar-refractivity contribution in [2.75, 3.05) is 38.0 Å². The number of hydrogen-bond donors (Lipinski definition) is 1. The largest absolute Gasteiger partial charge is 0.324 e. The summed E-state index contributed by atoms with van der Waals surface area (Å²) >= 11 is 12.9. The second-order valence-electron chi connectivity index (χ2n) is 5.95. The van der Waals surface area contributed by atoms with Gasteiger partial charge in [-0.25, -0.2) is 4.68 Å². The number of carbonyl (C=O) groups excluding carboxylic acids is 1. The van der Waals surface area contributed by atoms with Crippen molar-refractivity contribution in [2.24, 2.45) is 0 Å². The molecular weight excluding hydrogens is 378 g/mol. The first-order valence-corrected chi connectivity index (χ1v) is 9.65. The van der Waals surface area contributed by atoms with Crippen LogP contribution < -0.4 is 5.32 Å². The highest BCUT2D eigenvalue weighted by Crippen LogP contribution is 2.20. The summed E-state index contributed by atoms with van der Waals surface area (Å²) in [4.78, 5) is 16.7. The number of benzene rings is 1. The Morgan fingerprint density at radius 1 is 1.28 bits per heavy atom. The van der Waals surface area contributed by atoms with Gasteiger partial charge in [-0.3, -0.25) is 14.6 Å². The third-order valence-electron chi connectivity index (χ3n) is 4.02. The summed E-state index contributed by atoms with van der Waals surface area (Å²) in [5, 5.41) is 8.83. The maximum absolute atomic E-state index is 12.2. The lowest BCUT2D eigenvalue weighted by Gasteiger charge is -2.34. The average molecular weight is 398 g/mol. The smallest absolute Gasteiger partial charge is 0.238 e. The number of amides is 1. The number of nitrogens with zero attached hydrogens (tertiary/aromatic N) is 4. The number of aryl methyl sites for hydroxylation is 1. The van der Waals surface area contributed by atoms with Crippen LogP contribution in [0.4, 0.5) is 5.69 Å². The van der Waals surface area contributed by atoms with E-state index in [-0.39, 0.29) is 5.91 Å². The van der Waals surface area contributed by atoms with Crippen LogP contribution in [0.2, 0.25) is 5.02 Å². The van der Waals surface area contributed by atoms with E-state index >= 15 is 0 Å². The van der Waals surface area contributed by atoms with Crippen molar-refractivity contribution in [3.8, 4) is 0 Å². The molecule has 0 atom stereocenters. The Balaban J connectivity index is 1.46. The van der Waals surface area contributed by atoms with Crippen LogP contribution in [0.15, 0.2) is 24.3 Å². The first-order chi connectivity index (χ1) is 12.0. The highest BCUT2D eigenvalue weighted by molar-refractivity contribution is 7.73. The lowest BCUT2D eigenvalue weighted by molar-refractivity contribution is -0.117. The van der Waals surface area contributed by atoms with Crippen molar-refractivity contribution >= 4 is 46.8 Å². The molecule has 25 heavy (non-hydrogen) atoms. The minimum atomic E-state index is -0.0427. The van der Waals surface area contributed by atoms with Crippen LogP contribution in [0.25, 0.3) is 0 Å². The maximum Gasteiger partial charge on any atom is 0.238 e. The predicted molar refractivity (Wildman–Crippen MR) is 104 cm³/mol. The van der Waals surface area contributed by atoms with Crippen molar-refractivity contribution in [3.05, 3.63) is 38.3 Å². The van der Waals surface area contributed by atoms with Crippen molar-refractivity contribution in [3.63, 3.8) is 0 Å². The molecule has 0 spiro atoms. The third-order valence-corrected chi connectivity index (χ3v) is 5.57. The zero-order valence-electron chi connectivity index (χ0n) is 13.9. The van der Waals surface area contributed by atoms with E-state index in [2.05, 4.69) is 20.2 Å². The number of piperazine rings is 1. The Labute approximate surface area is 161 Å². The summed E-state index contributed by atoms with van der Waals surface area (Å²) in [5.41, 5.74) is 0.654. The molecule has 1 saturated heterocycles. The molecule has 1 aliphatic heterocycles. The van der Waals surface area contributed by atoms with Crippen molar-refractivity contribution < 1.29 is 4.79 Å². The number of rotatable bonds is 5. The van der Waals surface area contributed by atoms with E-state index < -0.39 is 0 Å². The Bertz CT molecular complexity index is 798. The molecule has 2 heterocycles. The number of nitrogens with one attached hydrogen (secondary N) is 1. The maximum atomic E-state index is 12.2. The fourth-order valence-electron chi connectivity index (χ4n) is 2.73. The molecule has 0 saturated carbocycles. The molecule has 3 rings (SSSR count). The average Bonchev–Trinajstić information content (AvgIpc) is 2.89. The molecule has 134 valence electrons. The van der Waals surface area contributed by atoms with Crippen LogP contribution in [-0.2, 0) is 11.5 Å². The Kier molecular flexibility index (Phi) is 6.19. The van der Waals surface area contributed by atoms with E-state index in [1.165, 1.54) is 11.3 Å². The van der Waals surface area contributed by atoms with Crippen LogP contribution in [0.3, 0.4) is 0 Å². The SMILES string of the molecule is Cc1nn(CN2CCN(CC(=O)Nc3ccccc3Cl)CC2)c(=S)s1. The minimum Gasteiger partial charge on any atom is -0.324 e. The van der Waals surface area contributed by atoms with Crippen LogP contribution >= 0.6 is 35.2 Å². The van der Waals surface area contributed by atoms with E-state index in [4.69, 9.17) is 23.8 Å². The summed E-state index contributed by atoms with van der Waals surface area (Å²) in [6.45, 7) is 6.50. The minimum absolute atomic E-state index is 0.0427. The number of carbonyl (C=O) groups is 1. The fourth-order valence-corrected chi connectivity index (χ4v) is 3.97. The monoisotopic (exact) mass is 397 g/mol. The van der Waals surface area contributed by atoms with Gasteiger partial charge in [0.1, 0.15) is 5.01 Å². The van der Waals surface area contributed by atoms with Gasteiger partial charge in [-0.2, -0.15) is 5.10 Å². The summed E-state index contributed by atoms with van der Waals surface area (Å²) in [7, 11) is 0. The highest BCUT2D eigenvalue weighted by atomic mass is 35.5. The molecule has 1 aliphatic rings. The molecule has 9 heteroatoms. The van der Waals surface area contributed by atoms with Gasteiger partial charge in [-0.15, -0.1) is 0 Å². The van der Waals surface area contributed by atoms with Gasteiger partial charge in [0.15, 0.2) is 3.95 Å². The molecule has 1 fully saturated rings. The first-order valence-electron chi connectivity index (χ1n) is 8.05. The van der Waals surface area contributed by atoms with Gasteiger partial charge in [-0.05, 0) is 31.3 Å². The van der Waals surface area contributed by atoms with Crippen molar-refractivity contribution in [2.45, 2.75) is 13.6 Å². The molecule has 0 radical (unpaired) electrons. The van der Waals surface area contributed by atoms with Gasteiger partial charge in [-0.1, -0.05) is 35.1 Å². The van der Waals surface area contributed by atoms with Gasteiger partial charge < -0.3 is 5.32 Å². The Morgan fingerprint density at radius 2 is 1.96 bits per heavy atom. The molecular formula is C16H20ClN5OS2. The number of halogens is 1. The van der Waals surface area contributed by atoms with Crippen LogP contribution in [-0.4, -0.2) is 58.2 Å². The Hall–Kier alpha value is -1.32. The van der Waals surface area contributed by atoms with E-state index in [1.807, 2.05) is 23.7 Å². The zero-order chi connectivity index (χ0) is 17.8. The fraction of sp³-hybridized carbons (Fsp3) is 0.438. The summed E-state index contributed by atoms with van der Waals surface area (Å²) < 4.78 is 2.67. The number of para-hydroxylation sites is 1. The number of aromatic nitrogens is 2. The molecule has 1 amide bonds. The summed E-state index contributed by atoms with van der Waals surface area (Å²) in [6, 6.07) is 7.26. The molecule has 2 aromatic rings. The van der Waals surface area contributed by atoms with Crippen LogP contribution in [0, 0.1) is 10.9 Å². The molecule has 1 aromatic heterocycles. The zero-order valence-corrected chi connectivity index (χ0v) is 16.3. The third kappa shape index (κ3) is 5.08. The molecule has 1 N–H and O–H groups in total. The predicted octanol–water partition coefficient (Wildman–Crippen LogP) is 2.85. The normalized spacial score (nSPS) is 16.1. The van der Waals surface area contributed by atoms with Crippen LogP contribution in [0.1, 0.15) is 5.01 Å². The summed E-state index contributed by atoms with van der Waals surface area (Å²) in [6.07, 6.45) is 0. The van der Waals surface area contributed by atoms with Gasteiger partial charge in [0.25, 0.3) is 0 Å². The van der Waals surface area contributed by atoms with Crippen molar-refractivity contribution in [1.29, 1.82) is 0 Å². The first kappa shape index (κ1) is 18.5. The number of anilines is 1. The molecule has 0 aliphatic carbocycles. The second kappa shape index (κ2) is 8.37. The summed E-state index contributed by atoms with van der Waals surface area (Å²) in [5.74, 6) is -0.0427. The topological polar surface area (TPSA) is 53.4 Å². The molecule has 1 aromatic carbocycles. The van der Waals surface area contributed by atoms with Gasteiger partial charge in [0.2, 0.25) is 5.91 Å². The van der Waals surface area contributed by atoms with Gasteiger partial charge in [0, 0.05) is 26.2 Å². The lowest BCUT2D eigenvalue weighted by atomic mass is 10.3. The molecule has 0 unspecified atom stereocenters. The van der Waals surface area contributed by atoms with Gasteiger partial charge in [0.05, 0.1) is 23.9 Å². The standard InChI is InChI=1S/C16H20ClN5OS2/c1-12-19-22(16(24)25-12)11-21-8-6-20(7-9-21)10-15(23)18-14-5-3-2-4-13(14)17/h2-5H,6-11H2,1H3,(H,18,23). The quantitative estimate of drug-likeness (QED) is 0.786. The van der Waals surface area contributed by atoms with Gasteiger partial charge >= 0.3 is 0 Å². The lowest BCUT2D eigenvalue weighted by Crippen LogP contribution is -2.48. The van der Waals surface area contributed by atoms with Crippen LogP contribution in [0.5, 0.6) is 0 Å². The molecule has 6 nitrogen and oxygen atoms in total. The second-order valence-corrected chi connectivity index (χ2v) is 8.18. The molecule has 0 bridgehead atoms. The Morgan fingerprint density at radius 3 is 2.60 bits per heavy atom. The number of hydrogen-bond acceptors (Lipinski definition) is 6. The van der Waals surface area contributed by atoms with E-state index in [1.54, 1.807) is 12.1 Å². The van der Waals surface area contributed by atoms with E-state index in [0.717, 1.165) is 35.1 Å². The van der Waals surface area contributed by atoms with E-state index in [9.17, 15) is 4.79 Å². The highest BCUT2D eigenvalue weighted by Gasteiger charge is 2.20. The van der Waals surface area contributed by atoms with Crippen molar-refractivity contribution in [1.82, 2.24) is 19.6 Å².